The van der Waals surface area contributed by atoms with Gasteiger partial charge in [-0.1, -0.05) is 18.2 Å². The molecular formula is C24H20N4O3. The number of aryl methyl sites for hydroxylation is 1. The first-order valence-corrected chi connectivity index (χ1v) is 10.1. The number of nitrogens with one attached hydrogen (secondary N) is 1. The second-order valence-corrected chi connectivity index (χ2v) is 7.44. The first-order chi connectivity index (χ1) is 15.2. The molecule has 0 saturated heterocycles. The zero-order valence-electron chi connectivity index (χ0n) is 16.9. The normalized spacial score (nSPS) is 13.1. The minimum atomic E-state index is -0.281. The van der Waals surface area contributed by atoms with Gasteiger partial charge in [-0.3, -0.25) is 4.79 Å². The molecule has 4 aromatic rings. The predicted octanol–water partition coefficient (Wildman–Crippen LogP) is 5.36. The van der Waals surface area contributed by atoms with Gasteiger partial charge in [-0.25, -0.2) is 15.0 Å². The molecule has 7 heteroatoms. The van der Waals surface area contributed by atoms with Crippen LogP contribution in [0.5, 0.6) is 11.8 Å². The monoisotopic (exact) mass is 412 g/mol. The first-order valence-electron chi connectivity index (χ1n) is 10.1. The highest BCUT2D eigenvalue weighted by Gasteiger charge is 2.34. The Labute approximate surface area is 179 Å². The number of benzene rings is 2. The van der Waals surface area contributed by atoms with E-state index in [-0.39, 0.29) is 17.8 Å². The van der Waals surface area contributed by atoms with Gasteiger partial charge in [-0.15, -0.1) is 0 Å². The molecule has 0 atom stereocenters. The summed E-state index contributed by atoms with van der Waals surface area (Å²) in [4.78, 5) is 25.7. The summed E-state index contributed by atoms with van der Waals surface area (Å²) in [7, 11) is 0. The zero-order chi connectivity index (χ0) is 21.2. The molecule has 0 bridgehead atoms. The average Bonchev–Trinajstić information content (AvgIpc) is 3.55. The Morgan fingerprint density at radius 1 is 1.06 bits per heavy atom. The minimum Gasteiger partial charge on any atom is -0.440 e. The highest BCUT2D eigenvalue weighted by atomic mass is 16.5. The van der Waals surface area contributed by atoms with Crippen LogP contribution in [0.15, 0.2) is 71.4 Å². The number of nitrogens with zero attached hydrogens (tertiary/aromatic N) is 3. The average molecular weight is 412 g/mol. The summed E-state index contributed by atoms with van der Waals surface area (Å²) >= 11 is 0. The van der Waals surface area contributed by atoms with E-state index in [9.17, 15) is 4.79 Å². The third kappa shape index (κ3) is 4.16. The number of oxazole rings is 1. The molecule has 0 aliphatic heterocycles. The molecule has 154 valence electrons. The van der Waals surface area contributed by atoms with Crippen molar-refractivity contribution in [1.29, 1.82) is 0 Å². The van der Waals surface area contributed by atoms with Gasteiger partial charge in [0, 0.05) is 29.6 Å². The van der Waals surface area contributed by atoms with E-state index < -0.39 is 0 Å². The van der Waals surface area contributed by atoms with Crippen molar-refractivity contribution >= 4 is 11.6 Å². The maximum Gasteiger partial charge on any atom is 0.321 e. The van der Waals surface area contributed by atoms with Crippen LogP contribution in [0.4, 0.5) is 5.69 Å². The summed E-state index contributed by atoms with van der Waals surface area (Å²) in [5.41, 5.74) is 2.72. The van der Waals surface area contributed by atoms with E-state index >= 15 is 0 Å². The Bertz CT molecular complexity index is 1220. The summed E-state index contributed by atoms with van der Waals surface area (Å²) in [6.45, 7) is 1.90. The number of hydrogen-bond donors (Lipinski definition) is 1. The summed E-state index contributed by atoms with van der Waals surface area (Å²) in [6, 6.07) is 17.0. The van der Waals surface area contributed by atoms with E-state index in [1.54, 1.807) is 30.6 Å². The van der Waals surface area contributed by atoms with Gasteiger partial charge < -0.3 is 14.5 Å². The minimum absolute atomic E-state index is 0.258. The number of carbonyl (C=O) groups excluding carboxylic acids is 1. The van der Waals surface area contributed by atoms with Gasteiger partial charge in [0.15, 0.2) is 5.69 Å². The number of rotatable bonds is 6. The fraction of sp³-hybridized carbons (Fsp3) is 0.167. The summed E-state index contributed by atoms with van der Waals surface area (Å²) in [6.07, 6.45) is 5.25. The van der Waals surface area contributed by atoms with Crippen LogP contribution in [0.25, 0.3) is 11.5 Å². The molecule has 0 spiro atoms. The molecule has 0 radical (unpaired) electrons. The second-order valence-electron chi connectivity index (χ2n) is 7.44. The molecule has 1 aliphatic rings. The number of ether oxygens (including phenoxy) is 1. The first kappa shape index (κ1) is 19.0. The van der Waals surface area contributed by atoms with E-state index in [0.29, 0.717) is 28.8 Å². The molecule has 1 aliphatic carbocycles. The van der Waals surface area contributed by atoms with Gasteiger partial charge in [-0.2, -0.15) is 0 Å². The third-order valence-electron chi connectivity index (χ3n) is 5.03. The fourth-order valence-electron chi connectivity index (χ4n) is 3.29. The fourth-order valence-corrected chi connectivity index (χ4v) is 3.29. The number of anilines is 1. The summed E-state index contributed by atoms with van der Waals surface area (Å²) in [5, 5.41) is 2.96. The van der Waals surface area contributed by atoms with Gasteiger partial charge in [0.25, 0.3) is 5.91 Å². The van der Waals surface area contributed by atoms with Crippen molar-refractivity contribution in [3.8, 4) is 23.2 Å². The van der Waals surface area contributed by atoms with Crippen molar-refractivity contribution in [1.82, 2.24) is 15.0 Å². The van der Waals surface area contributed by atoms with Crippen molar-refractivity contribution in [2.24, 2.45) is 0 Å². The van der Waals surface area contributed by atoms with E-state index in [1.807, 2.05) is 43.3 Å². The summed E-state index contributed by atoms with van der Waals surface area (Å²) < 4.78 is 11.6. The molecule has 2 aromatic heterocycles. The standard InChI is InChI=1S/C24H20N4O3/c1-15-14-18(30-24-25-12-5-13-26-24)10-11-19(15)27-22(29)20-21(16-8-9-16)31-23(28-20)17-6-3-2-4-7-17/h2-7,10-14,16H,8-9H2,1H3,(H,27,29). The van der Waals surface area contributed by atoms with Crippen LogP contribution in [-0.4, -0.2) is 20.9 Å². The van der Waals surface area contributed by atoms with Crippen LogP contribution in [-0.2, 0) is 0 Å². The largest absolute Gasteiger partial charge is 0.440 e. The van der Waals surface area contributed by atoms with Gasteiger partial charge in [0.05, 0.1) is 0 Å². The number of carbonyl (C=O) groups is 1. The van der Waals surface area contributed by atoms with Crippen molar-refractivity contribution in [2.45, 2.75) is 25.7 Å². The molecule has 1 N–H and O–H groups in total. The number of hydrogen-bond acceptors (Lipinski definition) is 6. The topological polar surface area (TPSA) is 90.1 Å². The Kier molecular flexibility index (Phi) is 4.92. The second kappa shape index (κ2) is 8.02. The van der Waals surface area contributed by atoms with Crippen LogP contribution in [0.2, 0.25) is 0 Å². The highest BCUT2D eigenvalue weighted by Crippen LogP contribution is 2.43. The zero-order valence-corrected chi connectivity index (χ0v) is 16.9. The number of amides is 1. The van der Waals surface area contributed by atoms with Crippen molar-refractivity contribution in [3.05, 3.63) is 84.0 Å². The maximum absolute atomic E-state index is 13.1. The van der Waals surface area contributed by atoms with E-state index in [2.05, 4.69) is 20.3 Å². The molecule has 0 unspecified atom stereocenters. The Morgan fingerprint density at radius 2 is 1.84 bits per heavy atom. The molecule has 1 amide bonds. The predicted molar refractivity (Wildman–Crippen MR) is 115 cm³/mol. The van der Waals surface area contributed by atoms with Gasteiger partial charge in [-0.05, 0) is 61.7 Å². The van der Waals surface area contributed by atoms with Crippen molar-refractivity contribution in [3.63, 3.8) is 0 Å². The van der Waals surface area contributed by atoms with E-state index in [4.69, 9.17) is 9.15 Å². The quantitative estimate of drug-likeness (QED) is 0.458. The Balaban J connectivity index is 1.37. The Hall–Kier alpha value is -4.00. The van der Waals surface area contributed by atoms with Crippen LogP contribution in [0, 0.1) is 6.92 Å². The van der Waals surface area contributed by atoms with E-state index in [0.717, 1.165) is 24.0 Å². The molecule has 7 nitrogen and oxygen atoms in total. The van der Waals surface area contributed by atoms with Gasteiger partial charge in [0.2, 0.25) is 5.89 Å². The maximum atomic E-state index is 13.1. The molecule has 31 heavy (non-hydrogen) atoms. The van der Waals surface area contributed by atoms with Crippen LogP contribution in [0.3, 0.4) is 0 Å². The van der Waals surface area contributed by atoms with Crippen LogP contribution >= 0.6 is 0 Å². The Morgan fingerprint density at radius 3 is 2.55 bits per heavy atom. The van der Waals surface area contributed by atoms with Gasteiger partial charge >= 0.3 is 6.01 Å². The molecule has 5 rings (SSSR count). The van der Waals surface area contributed by atoms with Crippen molar-refractivity contribution < 1.29 is 13.9 Å². The lowest BCUT2D eigenvalue weighted by Gasteiger charge is -2.10. The molecular weight excluding hydrogens is 392 g/mol. The lowest BCUT2D eigenvalue weighted by Crippen LogP contribution is -2.15. The third-order valence-corrected chi connectivity index (χ3v) is 5.03. The molecule has 2 aromatic carbocycles. The molecule has 2 heterocycles. The van der Waals surface area contributed by atoms with Gasteiger partial charge in [0.1, 0.15) is 11.5 Å². The smallest absolute Gasteiger partial charge is 0.321 e. The molecule has 1 fully saturated rings. The van der Waals surface area contributed by atoms with Crippen LogP contribution < -0.4 is 10.1 Å². The highest BCUT2D eigenvalue weighted by molar-refractivity contribution is 6.04. The van der Waals surface area contributed by atoms with Crippen LogP contribution in [0.1, 0.15) is 40.6 Å². The number of aromatic nitrogens is 3. The molecule has 1 saturated carbocycles. The van der Waals surface area contributed by atoms with Crippen molar-refractivity contribution in [2.75, 3.05) is 5.32 Å². The lowest BCUT2D eigenvalue weighted by atomic mass is 10.1. The SMILES string of the molecule is Cc1cc(Oc2ncccn2)ccc1NC(=O)c1nc(-c2ccccc2)oc1C1CC1. The van der Waals surface area contributed by atoms with E-state index in [1.165, 1.54) is 0 Å². The summed E-state index contributed by atoms with van der Waals surface area (Å²) in [5.74, 6) is 1.70. The lowest BCUT2D eigenvalue weighted by molar-refractivity contribution is 0.102.